The second kappa shape index (κ2) is 10.8. The molecule has 32 heavy (non-hydrogen) atoms. The van der Waals surface area contributed by atoms with E-state index in [0.717, 1.165) is 17.9 Å². The molecule has 1 aliphatic rings. The van der Waals surface area contributed by atoms with E-state index in [4.69, 9.17) is 16.3 Å². The molecule has 0 unspecified atom stereocenters. The van der Waals surface area contributed by atoms with Gasteiger partial charge in [-0.05, 0) is 23.3 Å². The highest BCUT2D eigenvalue weighted by molar-refractivity contribution is 7.98. The number of carbonyl (C=O) groups is 1. The Morgan fingerprint density at radius 2 is 1.78 bits per heavy atom. The van der Waals surface area contributed by atoms with Crippen molar-refractivity contribution in [2.45, 2.75) is 17.5 Å². The molecule has 4 rings (SSSR count). The van der Waals surface area contributed by atoms with Crippen LogP contribution in [0.1, 0.15) is 21.5 Å². The third-order valence-electron chi connectivity index (χ3n) is 5.18. The fourth-order valence-corrected chi connectivity index (χ4v) is 4.46. The van der Waals surface area contributed by atoms with E-state index in [-0.39, 0.29) is 5.91 Å². The maximum atomic E-state index is 12.6. The van der Waals surface area contributed by atoms with Crippen LogP contribution in [0.4, 0.5) is 5.82 Å². The Hall–Kier alpha value is -2.61. The molecule has 0 aliphatic carbocycles. The van der Waals surface area contributed by atoms with Crippen molar-refractivity contribution in [2.75, 3.05) is 38.3 Å². The van der Waals surface area contributed by atoms with Gasteiger partial charge in [0.25, 0.3) is 5.91 Å². The molecule has 1 saturated heterocycles. The van der Waals surface area contributed by atoms with Crippen molar-refractivity contribution in [2.24, 2.45) is 0 Å². The number of ether oxygens (including phenoxy) is 1. The van der Waals surface area contributed by atoms with E-state index in [2.05, 4.69) is 27.0 Å². The zero-order valence-electron chi connectivity index (χ0n) is 17.9. The summed E-state index contributed by atoms with van der Waals surface area (Å²) in [6, 6.07) is 19.7. The largest absolute Gasteiger partial charge is 0.378 e. The highest BCUT2D eigenvalue weighted by Gasteiger charge is 2.18. The summed E-state index contributed by atoms with van der Waals surface area (Å²) in [7, 11) is 1.99. The van der Waals surface area contributed by atoms with Gasteiger partial charge in [-0.3, -0.25) is 4.79 Å². The molecule has 0 bridgehead atoms. The standard InChI is InChI=1S/C24H25ClN4O2S/c1-28(16-18-5-3-2-4-6-18)22-15-21(25)26-24(27-22)32-17-19-7-9-20(10-8-19)23(30)29-11-13-31-14-12-29/h2-10,15H,11-14,16-17H2,1H3. The summed E-state index contributed by atoms with van der Waals surface area (Å²) in [4.78, 5) is 25.5. The number of halogens is 1. The van der Waals surface area contributed by atoms with Gasteiger partial charge in [0, 0.05) is 44.1 Å². The van der Waals surface area contributed by atoms with Crippen molar-refractivity contribution in [3.63, 3.8) is 0 Å². The number of amides is 1. The molecule has 1 fully saturated rings. The Morgan fingerprint density at radius 1 is 1.06 bits per heavy atom. The highest BCUT2D eigenvalue weighted by Crippen LogP contribution is 2.25. The van der Waals surface area contributed by atoms with Gasteiger partial charge in [0.05, 0.1) is 13.2 Å². The van der Waals surface area contributed by atoms with Crippen molar-refractivity contribution in [1.29, 1.82) is 0 Å². The number of carbonyl (C=O) groups excluding carboxylic acids is 1. The molecular weight excluding hydrogens is 444 g/mol. The van der Waals surface area contributed by atoms with E-state index in [1.807, 2.05) is 54.4 Å². The van der Waals surface area contributed by atoms with Crippen molar-refractivity contribution in [1.82, 2.24) is 14.9 Å². The summed E-state index contributed by atoms with van der Waals surface area (Å²) < 4.78 is 5.32. The van der Waals surface area contributed by atoms with Gasteiger partial charge in [-0.15, -0.1) is 0 Å². The van der Waals surface area contributed by atoms with Crippen LogP contribution in [-0.4, -0.2) is 54.1 Å². The van der Waals surface area contributed by atoms with Crippen molar-refractivity contribution in [3.8, 4) is 0 Å². The molecule has 2 heterocycles. The van der Waals surface area contributed by atoms with Crippen LogP contribution in [-0.2, 0) is 17.0 Å². The average Bonchev–Trinajstić information content (AvgIpc) is 2.83. The minimum atomic E-state index is 0.0526. The SMILES string of the molecule is CN(Cc1ccccc1)c1cc(Cl)nc(SCc2ccc(C(=O)N3CCOCC3)cc2)n1. The van der Waals surface area contributed by atoms with Gasteiger partial charge in [-0.25, -0.2) is 9.97 Å². The summed E-state index contributed by atoms with van der Waals surface area (Å²) in [5, 5.41) is 1.05. The van der Waals surface area contributed by atoms with Crippen LogP contribution in [0, 0.1) is 0 Å². The van der Waals surface area contributed by atoms with Crippen LogP contribution in [0.3, 0.4) is 0 Å². The first-order valence-corrected chi connectivity index (χ1v) is 11.8. The monoisotopic (exact) mass is 468 g/mol. The lowest BCUT2D eigenvalue weighted by molar-refractivity contribution is 0.0303. The van der Waals surface area contributed by atoms with Crippen LogP contribution < -0.4 is 4.90 Å². The van der Waals surface area contributed by atoms with E-state index in [1.165, 1.54) is 17.3 Å². The van der Waals surface area contributed by atoms with E-state index >= 15 is 0 Å². The minimum Gasteiger partial charge on any atom is -0.378 e. The Bertz CT molecular complexity index is 1040. The van der Waals surface area contributed by atoms with Crippen molar-refractivity contribution >= 4 is 35.1 Å². The molecule has 0 N–H and O–H groups in total. The van der Waals surface area contributed by atoms with E-state index < -0.39 is 0 Å². The molecule has 2 aromatic carbocycles. The van der Waals surface area contributed by atoms with Gasteiger partial charge in [0.2, 0.25) is 0 Å². The van der Waals surface area contributed by atoms with E-state index in [1.54, 1.807) is 6.07 Å². The smallest absolute Gasteiger partial charge is 0.254 e. The molecular formula is C24H25ClN4O2S. The van der Waals surface area contributed by atoms with Crippen LogP contribution >= 0.6 is 23.4 Å². The van der Waals surface area contributed by atoms with Crippen LogP contribution in [0.2, 0.25) is 5.15 Å². The molecule has 3 aromatic rings. The zero-order valence-corrected chi connectivity index (χ0v) is 19.5. The molecule has 1 aromatic heterocycles. The summed E-state index contributed by atoms with van der Waals surface area (Å²) in [5.41, 5.74) is 2.99. The van der Waals surface area contributed by atoms with Gasteiger partial charge in [0.15, 0.2) is 5.16 Å². The van der Waals surface area contributed by atoms with E-state index in [0.29, 0.717) is 47.9 Å². The lowest BCUT2D eigenvalue weighted by atomic mass is 10.1. The Kier molecular flexibility index (Phi) is 7.63. The number of hydrogen-bond donors (Lipinski definition) is 0. The fourth-order valence-electron chi connectivity index (χ4n) is 3.42. The predicted octanol–water partition coefficient (Wildman–Crippen LogP) is 4.53. The molecule has 8 heteroatoms. The molecule has 1 amide bonds. The number of rotatable bonds is 7. The Morgan fingerprint density at radius 3 is 2.50 bits per heavy atom. The molecule has 0 spiro atoms. The number of nitrogens with zero attached hydrogens (tertiary/aromatic N) is 4. The lowest BCUT2D eigenvalue weighted by Crippen LogP contribution is -2.40. The number of thioether (sulfide) groups is 1. The third kappa shape index (κ3) is 6.00. The minimum absolute atomic E-state index is 0.0526. The van der Waals surface area contributed by atoms with Gasteiger partial charge in [0.1, 0.15) is 11.0 Å². The quantitative estimate of drug-likeness (QED) is 0.288. The van der Waals surface area contributed by atoms with Gasteiger partial charge in [-0.2, -0.15) is 0 Å². The number of hydrogen-bond acceptors (Lipinski definition) is 6. The number of benzene rings is 2. The first-order chi connectivity index (χ1) is 15.6. The number of aromatic nitrogens is 2. The first kappa shape index (κ1) is 22.6. The number of morpholine rings is 1. The molecule has 0 radical (unpaired) electrons. The van der Waals surface area contributed by atoms with Crippen molar-refractivity contribution < 1.29 is 9.53 Å². The third-order valence-corrected chi connectivity index (χ3v) is 6.29. The zero-order chi connectivity index (χ0) is 22.3. The van der Waals surface area contributed by atoms with Crippen LogP contribution in [0.5, 0.6) is 0 Å². The summed E-state index contributed by atoms with van der Waals surface area (Å²) in [5.74, 6) is 1.52. The Labute approximate surface area is 197 Å². The van der Waals surface area contributed by atoms with Gasteiger partial charge in [-0.1, -0.05) is 65.8 Å². The normalized spacial score (nSPS) is 13.8. The molecule has 166 valence electrons. The second-order valence-corrected chi connectivity index (χ2v) is 8.89. The van der Waals surface area contributed by atoms with Crippen LogP contribution in [0.15, 0.2) is 65.8 Å². The summed E-state index contributed by atoms with van der Waals surface area (Å²) >= 11 is 7.79. The highest BCUT2D eigenvalue weighted by atomic mass is 35.5. The average molecular weight is 469 g/mol. The molecule has 0 atom stereocenters. The maximum absolute atomic E-state index is 12.6. The lowest BCUT2D eigenvalue weighted by Gasteiger charge is -2.26. The van der Waals surface area contributed by atoms with Gasteiger partial charge < -0.3 is 14.5 Å². The molecule has 0 saturated carbocycles. The fraction of sp³-hybridized carbons (Fsp3) is 0.292. The maximum Gasteiger partial charge on any atom is 0.254 e. The number of anilines is 1. The van der Waals surface area contributed by atoms with Crippen LogP contribution in [0.25, 0.3) is 0 Å². The Balaban J connectivity index is 1.37. The van der Waals surface area contributed by atoms with Gasteiger partial charge >= 0.3 is 0 Å². The summed E-state index contributed by atoms with van der Waals surface area (Å²) in [6.07, 6.45) is 0. The second-order valence-electron chi connectivity index (χ2n) is 7.56. The molecule has 1 aliphatic heterocycles. The van der Waals surface area contributed by atoms with E-state index in [9.17, 15) is 4.79 Å². The first-order valence-electron chi connectivity index (χ1n) is 10.5. The topological polar surface area (TPSA) is 58.6 Å². The molecule has 6 nitrogen and oxygen atoms in total. The predicted molar refractivity (Wildman–Crippen MR) is 128 cm³/mol. The van der Waals surface area contributed by atoms with Crippen molar-refractivity contribution in [3.05, 3.63) is 82.5 Å². The summed E-state index contributed by atoms with van der Waals surface area (Å²) in [6.45, 7) is 3.22.